The molecule has 0 saturated carbocycles. The Labute approximate surface area is 162 Å². The number of methoxy groups -OCH3 is 1. The van der Waals surface area contributed by atoms with Crippen LogP contribution in [0.4, 0.5) is 15.8 Å². The second-order valence-corrected chi connectivity index (χ2v) is 7.48. The highest BCUT2D eigenvalue weighted by Gasteiger charge is 2.17. The summed E-state index contributed by atoms with van der Waals surface area (Å²) in [6.07, 6.45) is 0. The SMILES string of the molecule is COc1cccc(NC(=O)c2ccc(S(=O)(=O)Nc3ccccc3F)cc2)c1. The third kappa shape index (κ3) is 4.47. The van der Waals surface area contributed by atoms with Gasteiger partial charge in [-0.15, -0.1) is 0 Å². The van der Waals surface area contributed by atoms with E-state index in [0.717, 1.165) is 6.07 Å². The first-order valence-electron chi connectivity index (χ1n) is 8.22. The standard InChI is InChI=1S/C20H17FN2O4S/c1-27-16-6-4-5-15(13-16)22-20(24)14-9-11-17(12-10-14)28(25,26)23-19-8-3-2-7-18(19)21/h2-13,23H,1H3,(H,22,24). The van der Waals surface area contributed by atoms with Crippen molar-refractivity contribution in [1.29, 1.82) is 0 Å². The van der Waals surface area contributed by atoms with Gasteiger partial charge >= 0.3 is 0 Å². The number of amides is 1. The number of nitrogens with one attached hydrogen (secondary N) is 2. The lowest BCUT2D eigenvalue weighted by atomic mass is 10.2. The fourth-order valence-electron chi connectivity index (χ4n) is 2.44. The second-order valence-electron chi connectivity index (χ2n) is 5.80. The average Bonchev–Trinajstić information content (AvgIpc) is 2.70. The van der Waals surface area contributed by atoms with Gasteiger partial charge in [-0.1, -0.05) is 18.2 Å². The fraction of sp³-hybridized carbons (Fsp3) is 0.0500. The molecular weight excluding hydrogens is 383 g/mol. The molecule has 0 aliphatic carbocycles. The first-order valence-corrected chi connectivity index (χ1v) is 9.70. The molecule has 144 valence electrons. The summed E-state index contributed by atoms with van der Waals surface area (Å²) < 4.78 is 45.8. The van der Waals surface area contributed by atoms with Gasteiger partial charge in [0, 0.05) is 17.3 Å². The molecule has 0 spiro atoms. The van der Waals surface area contributed by atoms with Gasteiger partial charge in [0.25, 0.3) is 15.9 Å². The van der Waals surface area contributed by atoms with Gasteiger partial charge in [0.05, 0.1) is 17.7 Å². The molecule has 0 unspecified atom stereocenters. The van der Waals surface area contributed by atoms with Crippen LogP contribution < -0.4 is 14.8 Å². The van der Waals surface area contributed by atoms with Crippen LogP contribution in [-0.4, -0.2) is 21.4 Å². The molecule has 3 aromatic rings. The molecule has 8 heteroatoms. The lowest BCUT2D eigenvalue weighted by Gasteiger charge is -2.10. The molecule has 0 radical (unpaired) electrons. The molecule has 6 nitrogen and oxygen atoms in total. The van der Waals surface area contributed by atoms with Crippen molar-refractivity contribution in [1.82, 2.24) is 0 Å². The molecule has 0 fully saturated rings. The minimum Gasteiger partial charge on any atom is -0.497 e. The van der Waals surface area contributed by atoms with Gasteiger partial charge in [0.2, 0.25) is 0 Å². The van der Waals surface area contributed by atoms with E-state index in [9.17, 15) is 17.6 Å². The van der Waals surface area contributed by atoms with E-state index in [-0.39, 0.29) is 16.1 Å². The smallest absolute Gasteiger partial charge is 0.261 e. The van der Waals surface area contributed by atoms with Gasteiger partial charge in [-0.2, -0.15) is 0 Å². The normalized spacial score (nSPS) is 10.9. The first-order chi connectivity index (χ1) is 13.4. The summed E-state index contributed by atoms with van der Waals surface area (Å²) in [5, 5.41) is 2.70. The highest BCUT2D eigenvalue weighted by Crippen LogP contribution is 2.20. The molecule has 0 saturated heterocycles. The van der Waals surface area contributed by atoms with Crippen LogP contribution in [0.25, 0.3) is 0 Å². The fourth-order valence-corrected chi connectivity index (χ4v) is 3.50. The molecule has 0 aromatic heterocycles. The number of halogens is 1. The van der Waals surface area contributed by atoms with Crippen molar-refractivity contribution in [2.75, 3.05) is 17.1 Å². The topological polar surface area (TPSA) is 84.5 Å². The second kappa shape index (κ2) is 8.10. The third-order valence-electron chi connectivity index (χ3n) is 3.87. The van der Waals surface area contributed by atoms with Crippen LogP contribution in [0.1, 0.15) is 10.4 Å². The van der Waals surface area contributed by atoms with E-state index in [2.05, 4.69) is 10.0 Å². The van der Waals surface area contributed by atoms with Crippen LogP contribution in [0.5, 0.6) is 5.75 Å². The Morgan fingerprint density at radius 3 is 2.36 bits per heavy atom. The summed E-state index contributed by atoms with van der Waals surface area (Å²) in [5.74, 6) is -0.488. The number of ether oxygens (including phenoxy) is 1. The Morgan fingerprint density at radius 1 is 0.964 bits per heavy atom. The molecule has 0 bridgehead atoms. The Balaban J connectivity index is 1.75. The average molecular weight is 400 g/mol. The van der Waals surface area contributed by atoms with Crippen LogP contribution in [0, 0.1) is 5.82 Å². The molecular formula is C20H17FN2O4S. The van der Waals surface area contributed by atoms with Gasteiger partial charge in [0.15, 0.2) is 0 Å². The number of carbonyl (C=O) groups excluding carboxylic acids is 1. The monoisotopic (exact) mass is 400 g/mol. The molecule has 0 atom stereocenters. The highest BCUT2D eigenvalue weighted by atomic mass is 32.2. The summed E-state index contributed by atoms with van der Waals surface area (Å²) in [6, 6.07) is 17.6. The summed E-state index contributed by atoms with van der Waals surface area (Å²) in [7, 11) is -2.46. The van der Waals surface area contributed by atoms with E-state index in [4.69, 9.17) is 4.74 Å². The van der Waals surface area contributed by atoms with Crippen LogP contribution >= 0.6 is 0 Å². The van der Waals surface area contributed by atoms with E-state index in [0.29, 0.717) is 11.4 Å². The van der Waals surface area contributed by atoms with E-state index in [1.54, 1.807) is 24.3 Å². The van der Waals surface area contributed by atoms with E-state index in [1.807, 2.05) is 0 Å². The Kier molecular flexibility index (Phi) is 5.60. The highest BCUT2D eigenvalue weighted by molar-refractivity contribution is 7.92. The van der Waals surface area contributed by atoms with Crippen LogP contribution in [0.3, 0.4) is 0 Å². The number of anilines is 2. The number of sulfonamides is 1. The summed E-state index contributed by atoms with van der Waals surface area (Å²) >= 11 is 0. The molecule has 1 amide bonds. The van der Waals surface area contributed by atoms with Gasteiger partial charge < -0.3 is 10.1 Å². The number of para-hydroxylation sites is 1. The Bertz CT molecular complexity index is 1100. The first kappa shape index (κ1) is 19.4. The summed E-state index contributed by atoms with van der Waals surface area (Å²) in [4.78, 5) is 12.3. The minimum absolute atomic E-state index is 0.0892. The number of rotatable bonds is 6. The maximum Gasteiger partial charge on any atom is 0.261 e. The van der Waals surface area contributed by atoms with Crippen molar-refractivity contribution in [3.05, 3.63) is 84.2 Å². The molecule has 0 heterocycles. The Morgan fingerprint density at radius 2 is 1.68 bits per heavy atom. The van der Waals surface area contributed by atoms with Crippen LogP contribution in [-0.2, 0) is 10.0 Å². The number of hydrogen-bond acceptors (Lipinski definition) is 4. The lowest BCUT2D eigenvalue weighted by Crippen LogP contribution is -2.15. The number of benzene rings is 3. The molecule has 2 N–H and O–H groups in total. The maximum absolute atomic E-state index is 13.7. The largest absolute Gasteiger partial charge is 0.497 e. The van der Waals surface area contributed by atoms with Gasteiger partial charge in [-0.3, -0.25) is 9.52 Å². The van der Waals surface area contributed by atoms with Crippen LogP contribution in [0.2, 0.25) is 0 Å². The minimum atomic E-state index is -3.98. The van der Waals surface area contributed by atoms with E-state index < -0.39 is 21.7 Å². The van der Waals surface area contributed by atoms with Crippen LogP contribution in [0.15, 0.2) is 77.7 Å². The zero-order chi connectivity index (χ0) is 20.1. The molecule has 3 aromatic carbocycles. The van der Waals surface area contributed by atoms with Gasteiger partial charge in [0.1, 0.15) is 11.6 Å². The van der Waals surface area contributed by atoms with E-state index in [1.165, 1.54) is 49.6 Å². The summed E-state index contributed by atoms with van der Waals surface area (Å²) in [6.45, 7) is 0. The third-order valence-corrected chi connectivity index (χ3v) is 5.25. The number of hydrogen-bond donors (Lipinski definition) is 2. The molecule has 28 heavy (non-hydrogen) atoms. The lowest BCUT2D eigenvalue weighted by molar-refractivity contribution is 0.102. The van der Waals surface area contributed by atoms with Crippen molar-refractivity contribution in [2.24, 2.45) is 0 Å². The predicted molar refractivity (Wildman–Crippen MR) is 105 cm³/mol. The van der Waals surface area contributed by atoms with Crippen molar-refractivity contribution in [3.8, 4) is 5.75 Å². The molecule has 0 aliphatic rings. The quantitative estimate of drug-likeness (QED) is 0.658. The van der Waals surface area contributed by atoms with Crippen molar-refractivity contribution in [2.45, 2.75) is 4.90 Å². The predicted octanol–water partition coefficient (Wildman–Crippen LogP) is 3.89. The molecule has 0 aliphatic heterocycles. The number of carbonyl (C=O) groups is 1. The summed E-state index contributed by atoms with van der Waals surface area (Å²) in [5.41, 5.74) is 0.664. The van der Waals surface area contributed by atoms with E-state index >= 15 is 0 Å². The van der Waals surface area contributed by atoms with Crippen molar-refractivity contribution in [3.63, 3.8) is 0 Å². The van der Waals surface area contributed by atoms with Crippen molar-refractivity contribution >= 4 is 27.3 Å². The molecule has 3 rings (SSSR count). The maximum atomic E-state index is 13.7. The zero-order valence-corrected chi connectivity index (χ0v) is 15.7. The van der Waals surface area contributed by atoms with Crippen molar-refractivity contribution < 1.29 is 22.3 Å². The Hall–Kier alpha value is -3.39. The van der Waals surface area contributed by atoms with Gasteiger partial charge in [-0.05, 0) is 48.5 Å². The zero-order valence-electron chi connectivity index (χ0n) is 14.8. The van der Waals surface area contributed by atoms with Gasteiger partial charge in [-0.25, -0.2) is 12.8 Å².